The van der Waals surface area contributed by atoms with Crippen molar-refractivity contribution in [2.45, 2.75) is 77.5 Å². The van der Waals surface area contributed by atoms with E-state index in [9.17, 15) is 4.79 Å². The van der Waals surface area contributed by atoms with Crippen molar-refractivity contribution >= 4 is 36.0 Å². The molecule has 0 heterocycles. The number of rotatable bonds is 9. The van der Waals surface area contributed by atoms with Crippen LogP contribution in [0.15, 0.2) is 4.99 Å². The first kappa shape index (κ1) is 23.5. The van der Waals surface area contributed by atoms with Gasteiger partial charge in [-0.15, -0.1) is 24.0 Å². The third kappa shape index (κ3) is 5.43. The van der Waals surface area contributed by atoms with Crippen molar-refractivity contribution in [3.8, 4) is 0 Å². The Hall–Kier alpha value is -0.770. The minimum absolute atomic E-state index is 0. The van der Waals surface area contributed by atoms with Gasteiger partial charge < -0.3 is 25.4 Å². The maximum atomic E-state index is 11.8. The minimum Gasteiger partial charge on any atom is -0.450 e. The molecule has 0 aromatic rings. The molecular formula is C20H37IN4O3. The van der Waals surface area contributed by atoms with Gasteiger partial charge in [-0.3, -0.25) is 4.99 Å². The second kappa shape index (κ2) is 10.8. The molecule has 3 aliphatic carbocycles. The van der Waals surface area contributed by atoms with E-state index < -0.39 is 0 Å². The van der Waals surface area contributed by atoms with Crippen molar-refractivity contribution in [3.63, 3.8) is 0 Å². The second-order valence-corrected chi connectivity index (χ2v) is 7.99. The van der Waals surface area contributed by atoms with E-state index >= 15 is 0 Å². The van der Waals surface area contributed by atoms with E-state index in [2.05, 4.69) is 29.8 Å². The van der Waals surface area contributed by atoms with Gasteiger partial charge in [-0.2, -0.15) is 0 Å². The smallest absolute Gasteiger partial charge is 0.407 e. The Morgan fingerprint density at radius 3 is 2.50 bits per heavy atom. The number of amides is 1. The molecule has 8 heteroatoms. The number of hydrogen-bond acceptors (Lipinski definition) is 4. The zero-order valence-electron chi connectivity index (χ0n) is 17.5. The zero-order valence-corrected chi connectivity index (χ0v) is 19.8. The number of hydrogen-bond donors (Lipinski definition) is 3. The van der Waals surface area contributed by atoms with Crippen LogP contribution in [0.25, 0.3) is 0 Å². The number of nitrogens with one attached hydrogen (secondary N) is 3. The molecule has 162 valence electrons. The molecule has 0 saturated heterocycles. The number of carbonyl (C=O) groups excluding carboxylic acids is 1. The van der Waals surface area contributed by atoms with E-state index in [1.165, 1.54) is 19.3 Å². The van der Waals surface area contributed by atoms with Crippen LogP contribution in [0.5, 0.6) is 0 Å². The summed E-state index contributed by atoms with van der Waals surface area (Å²) in [4.78, 5) is 16.6. The Morgan fingerprint density at radius 2 is 1.96 bits per heavy atom. The number of alkyl carbamates (subject to hydrolysis) is 1. The first-order chi connectivity index (χ1) is 13.1. The highest BCUT2D eigenvalue weighted by molar-refractivity contribution is 14.0. The fourth-order valence-corrected chi connectivity index (χ4v) is 4.45. The van der Waals surface area contributed by atoms with Crippen molar-refractivity contribution in [2.24, 2.45) is 16.3 Å². The van der Waals surface area contributed by atoms with Gasteiger partial charge in [0, 0.05) is 24.6 Å². The minimum atomic E-state index is -0.338. The molecule has 0 aliphatic heterocycles. The summed E-state index contributed by atoms with van der Waals surface area (Å²) in [5, 5.41) is 9.98. The summed E-state index contributed by atoms with van der Waals surface area (Å²) in [6.07, 6.45) is 7.18. The van der Waals surface area contributed by atoms with Gasteiger partial charge in [0.2, 0.25) is 0 Å². The summed E-state index contributed by atoms with van der Waals surface area (Å²) < 4.78 is 11.0. The van der Waals surface area contributed by atoms with Gasteiger partial charge >= 0.3 is 6.09 Å². The number of carbonyl (C=O) groups is 1. The van der Waals surface area contributed by atoms with Crippen molar-refractivity contribution < 1.29 is 14.3 Å². The summed E-state index contributed by atoms with van der Waals surface area (Å²) in [6.45, 7) is 8.55. The lowest BCUT2D eigenvalue weighted by Gasteiger charge is -2.61. The van der Waals surface area contributed by atoms with Crippen LogP contribution < -0.4 is 16.0 Å². The summed E-state index contributed by atoms with van der Waals surface area (Å²) in [6, 6.07) is 0.479. The third-order valence-electron chi connectivity index (χ3n) is 6.31. The Bertz CT molecular complexity index is 538. The predicted molar refractivity (Wildman–Crippen MR) is 121 cm³/mol. The molecule has 0 aromatic carbocycles. The second-order valence-electron chi connectivity index (χ2n) is 7.99. The highest BCUT2D eigenvalue weighted by Crippen LogP contribution is 2.57. The number of aliphatic imine (C=N–C) groups is 1. The Kier molecular flexibility index (Phi) is 9.11. The lowest BCUT2D eigenvalue weighted by atomic mass is 9.51. The van der Waals surface area contributed by atoms with Gasteiger partial charge in [0.05, 0.1) is 25.3 Å². The molecule has 3 aliphatic rings. The van der Waals surface area contributed by atoms with E-state index in [0.29, 0.717) is 36.6 Å². The molecule has 3 N–H and O–H groups in total. The third-order valence-corrected chi connectivity index (χ3v) is 6.31. The average molecular weight is 508 g/mol. The number of nitrogens with zero attached hydrogens (tertiary/aromatic N) is 1. The van der Waals surface area contributed by atoms with Crippen LogP contribution in [0.4, 0.5) is 4.79 Å². The molecule has 0 bridgehead atoms. The topological polar surface area (TPSA) is 84.0 Å². The van der Waals surface area contributed by atoms with Gasteiger partial charge in [-0.25, -0.2) is 4.79 Å². The fourth-order valence-electron chi connectivity index (χ4n) is 4.45. The van der Waals surface area contributed by atoms with Crippen molar-refractivity contribution in [3.05, 3.63) is 0 Å². The molecular weight excluding hydrogens is 471 g/mol. The van der Waals surface area contributed by atoms with Gasteiger partial charge in [0.25, 0.3) is 0 Å². The Morgan fingerprint density at radius 1 is 1.21 bits per heavy atom. The summed E-state index contributed by atoms with van der Waals surface area (Å²) in [5.41, 5.74) is 0.297. The SMILES string of the molecule is CCNC(=NCC(NC(=O)OCC)C1CC1)NC1CC(OCC)C12CCC2.I. The van der Waals surface area contributed by atoms with Crippen LogP contribution in [-0.2, 0) is 9.47 Å². The first-order valence-electron chi connectivity index (χ1n) is 10.7. The lowest BCUT2D eigenvalue weighted by Crippen LogP contribution is -2.68. The first-order valence-corrected chi connectivity index (χ1v) is 10.7. The van der Waals surface area contributed by atoms with Crippen molar-refractivity contribution in [1.29, 1.82) is 0 Å². The van der Waals surface area contributed by atoms with Gasteiger partial charge in [-0.1, -0.05) is 6.42 Å². The molecule has 3 unspecified atom stereocenters. The average Bonchev–Trinajstić information content (AvgIpc) is 3.41. The molecule has 0 radical (unpaired) electrons. The van der Waals surface area contributed by atoms with E-state index in [-0.39, 0.29) is 36.1 Å². The van der Waals surface area contributed by atoms with E-state index in [0.717, 1.165) is 38.4 Å². The number of halogens is 1. The predicted octanol–water partition coefficient (Wildman–Crippen LogP) is 3.03. The molecule has 3 rings (SSSR count). The Labute approximate surface area is 186 Å². The standard InChI is InChI=1S/C20H36N4O3.HI/c1-4-21-18(22-13-15(14-8-9-14)23-19(25)27-6-3)24-16-12-17(26-5-2)20(16)10-7-11-20;/h14-17H,4-13H2,1-3H3,(H,23,25)(H2,21,22,24);1H. The zero-order chi connectivity index (χ0) is 19.3. The number of ether oxygens (including phenoxy) is 2. The van der Waals surface area contributed by atoms with Gasteiger partial charge in [-0.05, 0) is 58.8 Å². The number of guanidine groups is 1. The van der Waals surface area contributed by atoms with Crippen LogP contribution in [0, 0.1) is 11.3 Å². The highest BCUT2D eigenvalue weighted by Gasteiger charge is 2.59. The van der Waals surface area contributed by atoms with Crippen LogP contribution >= 0.6 is 24.0 Å². The van der Waals surface area contributed by atoms with Crippen LogP contribution in [0.1, 0.15) is 59.3 Å². The van der Waals surface area contributed by atoms with Crippen molar-refractivity contribution in [1.82, 2.24) is 16.0 Å². The quantitative estimate of drug-likeness (QED) is 0.254. The van der Waals surface area contributed by atoms with Crippen molar-refractivity contribution in [2.75, 3.05) is 26.3 Å². The van der Waals surface area contributed by atoms with E-state index in [4.69, 9.17) is 14.5 Å². The van der Waals surface area contributed by atoms with Crippen LogP contribution in [-0.4, -0.2) is 56.5 Å². The molecule has 3 fully saturated rings. The maximum absolute atomic E-state index is 11.8. The Balaban J connectivity index is 0.00000280. The van der Waals surface area contributed by atoms with Gasteiger partial charge in [0.15, 0.2) is 5.96 Å². The fraction of sp³-hybridized carbons (Fsp3) is 0.900. The molecule has 3 atom stereocenters. The molecule has 1 spiro atoms. The highest BCUT2D eigenvalue weighted by atomic mass is 127. The summed E-state index contributed by atoms with van der Waals surface area (Å²) >= 11 is 0. The van der Waals surface area contributed by atoms with Gasteiger partial charge in [0.1, 0.15) is 0 Å². The van der Waals surface area contributed by atoms with Crippen LogP contribution in [0.2, 0.25) is 0 Å². The molecule has 3 saturated carbocycles. The maximum Gasteiger partial charge on any atom is 0.407 e. The summed E-state index contributed by atoms with van der Waals surface area (Å²) in [5.74, 6) is 1.37. The normalized spacial score (nSPS) is 26.3. The summed E-state index contributed by atoms with van der Waals surface area (Å²) in [7, 11) is 0. The molecule has 28 heavy (non-hydrogen) atoms. The molecule has 7 nitrogen and oxygen atoms in total. The lowest BCUT2D eigenvalue weighted by molar-refractivity contribution is -0.168. The van der Waals surface area contributed by atoms with E-state index in [1.807, 2.05) is 6.92 Å². The monoisotopic (exact) mass is 508 g/mol. The molecule has 1 amide bonds. The largest absolute Gasteiger partial charge is 0.450 e. The molecule has 0 aromatic heterocycles. The van der Waals surface area contributed by atoms with E-state index in [1.54, 1.807) is 0 Å². The van der Waals surface area contributed by atoms with Crippen LogP contribution in [0.3, 0.4) is 0 Å².